The molecule has 1 amide bonds. The highest BCUT2D eigenvalue weighted by molar-refractivity contribution is 7.91. The first-order chi connectivity index (χ1) is 10.0. The lowest BCUT2D eigenvalue weighted by atomic mass is 10.2. The minimum absolute atomic E-state index is 0.0418. The lowest BCUT2D eigenvalue weighted by Gasteiger charge is -2.10. The van der Waals surface area contributed by atoms with Gasteiger partial charge in [-0.05, 0) is 23.8 Å². The van der Waals surface area contributed by atoms with Crippen molar-refractivity contribution in [3.8, 4) is 0 Å². The minimum atomic E-state index is -3.43. The van der Waals surface area contributed by atoms with Crippen LogP contribution in [0.15, 0.2) is 53.7 Å². The molecule has 110 valence electrons. The molecule has 0 fully saturated rings. The maximum Gasteiger partial charge on any atom is 0.252 e. The number of hydrogen-bond acceptors (Lipinski definition) is 4. The van der Waals surface area contributed by atoms with Crippen LogP contribution in [-0.2, 0) is 16.4 Å². The van der Waals surface area contributed by atoms with E-state index in [0.717, 1.165) is 5.56 Å². The average Bonchev–Trinajstić information content (AvgIpc) is 2.53. The summed E-state index contributed by atoms with van der Waals surface area (Å²) < 4.78 is 24.0. The normalized spacial score (nSPS) is 11.1. The summed E-state index contributed by atoms with van der Waals surface area (Å²) in [5.41, 5.74) is 1.02. The summed E-state index contributed by atoms with van der Waals surface area (Å²) in [4.78, 5) is 16.2. The van der Waals surface area contributed by atoms with Gasteiger partial charge in [-0.25, -0.2) is 8.42 Å². The molecule has 5 nitrogen and oxygen atoms in total. The van der Waals surface area contributed by atoms with E-state index in [4.69, 9.17) is 0 Å². The predicted molar refractivity (Wildman–Crippen MR) is 79.6 cm³/mol. The van der Waals surface area contributed by atoms with E-state index in [0.29, 0.717) is 6.54 Å². The van der Waals surface area contributed by atoms with Gasteiger partial charge in [0.2, 0.25) is 0 Å². The van der Waals surface area contributed by atoms with Gasteiger partial charge in [-0.1, -0.05) is 25.1 Å². The Bertz CT molecular complexity index is 728. The van der Waals surface area contributed by atoms with Crippen molar-refractivity contribution in [2.24, 2.45) is 0 Å². The van der Waals surface area contributed by atoms with E-state index in [1.807, 2.05) is 6.07 Å². The Labute approximate surface area is 124 Å². The number of carbonyl (C=O) groups is 1. The minimum Gasteiger partial charge on any atom is -0.348 e. The van der Waals surface area contributed by atoms with Crippen LogP contribution in [0.5, 0.6) is 0 Å². The molecule has 0 unspecified atom stereocenters. The van der Waals surface area contributed by atoms with Crippen LogP contribution in [0.4, 0.5) is 0 Å². The van der Waals surface area contributed by atoms with Crippen molar-refractivity contribution in [1.82, 2.24) is 10.3 Å². The van der Waals surface area contributed by atoms with Crippen LogP contribution in [-0.4, -0.2) is 25.1 Å². The molecule has 2 rings (SSSR count). The van der Waals surface area contributed by atoms with E-state index in [9.17, 15) is 13.2 Å². The summed E-state index contributed by atoms with van der Waals surface area (Å²) in [7, 11) is -3.43. The van der Waals surface area contributed by atoms with Gasteiger partial charge < -0.3 is 5.32 Å². The van der Waals surface area contributed by atoms with E-state index in [-0.39, 0.29) is 16.2 Å². The second kappa shape index (κ2) is 6.49. The van der Waals surface area contributed by atoms with Crippen molar-refractivity contribution in [3.05, 3.63) is 59.9 Å². The summed E-state index contributed by atoms with van der Waals surface area (Å²) >= 11 is 0. The topological polar surface area (TPSA) is 76.1 Å². The van der Waals surface area contributed by atoms with Gasteiger partial charge in [0.1, 0.15) is 0 Å². The molecule has 0 atom stereocenters. The Kier molecular flexibility index (Phi) is 4.70. The molecule has 2 aromatic rings. The molecule has 6 heteroatoms. The monoisotopic (exact) mass is 304 g/mol. The summed E-state index contributed by atoms with van der Waals surface area (Å²) in [5.74, 6) is -0.452. The van der Waals surface area contributed by atoms with Crippen LogP contribution >= 0.6 is 0 Å². The van der Waals surface area contributed by atoms with E-state index in [1.54, 1.807) is 37.5 Å². The molecule has 21 heavy (non-hydrogen) atoms. The number of nitrogens with zero attached hydrogens (tertiary/aromatic N) is 1. The first-order valence-electron chi connectivity index (χ1n) is 6.53. The van der Waals surface area contributed by atoms with E-state index < -0.39 is 15.7 Å². The van der Waals surface area contributed by atoms with Crippen LogP contribution in [0.3, 0.4) is 0 Å². The molecule has 1 aromatic heterocycles. The number of rotatable bonds is 5. The van der Waals surface area contributed by atoms with E-state index in [1.165, 1.54) is 12.1 Å². The second-order valence-electron chi connectivity index (χ2n) is 4.44. The van der Waals surface area contributed by atoms with Crippen LogP contribution in [0.1, 0.15) is 22.8 Å². The molecule has 0 aliphatic rings. The lowest BCUT2D eigenvalue weighted by molar-refractivity contribution is 0.0947. The summed E-state index contributed by atoms with van der Waals surface area (Å²) in [6.07, 6.45) is 3.30. The zero-order chi connectivity index (χ0) is 15.3. The molecule has 1 heterocycles. The van der Waals surface area contributed by atoms with Crippen molar-refractivity contribution in [2.75, 3.05) is 5.75 Å². The Balaban J connectivity index is 2.21. The van der Waals surface area contributed by atoms with Crippen molar-refractivity contribution >= 4 is 15.7 Å². The van der Waals surface area contributed by atoms with Gasteiger partial charge in [-0.3, -0.25) is 9.78 Å². The molecule has 1 aromatic carbocycles. The van der Waals surface area contributed by atoms with Crippen molar-refractivity contribution in [2.45, 2.75) is 18.4 Å². The number of amides is 1. The van der Waals surface area contributed by atoms with Gasteiger partial charge in [0.15, 0.2) is 9.84 Å². The molecule has 0 bridgehead atoms. The molecular formula is C15H16N2O3S. The number of nitrogens with one attached hydrogen (secondary N) is 1. The zero-order valence-corrected chi connectivity index (χ0v) is 12.4. The first kappa shape index (κ1) is 15.2. The van der Waals surface area contributed by atoms with E-state index in [2.05, 4.69) is 10.3 Å². The highest BCUT2D eigenvalue weighted by Crippen LogP contribution is 2.17. The van der Waals surface area contributed by atoms with Crippen molar-refractivity contribution < 1.29 is 13.2 Å². The fourth-order valence-corrected chi connectivity index (χ4v) is 2.95. The zero-order valence-electron chi connectivity index (χ0n) is 11.6. The number of pyridine rings is 1. The standard InChI is InChI=1S/C15H16N2O3S/c1-2-21(19,20)14-8-4-3-7-13(14)15(18)17-11-12-6-5-9-16-10-12/h3-10H,2,11H2,1H3,(H,17,18). The quantitative estimate of drug-likeness (QED) is 0.914. The molecule has 1 N–H and O–H groups in total. The third-order valence-electron chi connectivity index (χ3n) is 3.02. The maximum absolute atomic E-state index is 12.2. The highest BCUT2D eigenvalue weighted by atomic mass is 32.2. The summed E-state index contributed by atoms with van der Waals surface area (Å²) in [5, 5.41) is 2.71. The fraction of sp³-hybridized carbons (Fsp3) is 0.200. The Morgan fingerprint density at radius 3 is 2.62 bits per heavy atom. The molecule has 0 radical (unpaired) electrons. The molecule has 0 aliphatic heterocycles. The second-order valence-corrected chi connectivity index (χ2v) is 6.69. The molecule has 0 saturated heterocycles. The van der Waals surface area contributed by atoms with Gasteiger partial charge in [-0.15, -0.1) is 0 Å². The Hall–Kier alpha value is -2.21. The van der Waals surface area contributed by atoms with Crippen LogP contribution in [0.25, 0.3) is 0 Å². The van der Waals surface area contributed by atoms with Crippen molar-refractivity contribution in [1.29, 1.82) is 0 Å². The SMILES string of the molecule is CCS(=O)(=O)c1ccccc1C(=O)NCc1cccnc1. The molecule has 0 aliphatic carbocycles. The summed E-state index contributed by atoms with van der Waals surface area (Å²) in [6.45, 7) is 1.85. The van der Waals surface area contributed by atoms with E-state index >= 15 is 0 Å². The average molecular weight is 304 g/mol. The Morgan fingerprint density at radius 2 is 1.95 bits per heavy atom. The largest absolute Gasteiger partial charge is 0.348 e. The summed E-state index contributed by atoms with van der Waals surface area (Å²) in [6, 6.07) is 9.84. The fourth-order valence-electron chi connectivity index (χ4n) is 1.86. The maximum atomic E-state index is 12.2. The number of aromatic nitrogens is 1. The van der Waals surface area contributed by atoms with Gasteiger partial charge in [0.05, 0.1) is 16.2 Å². The van der Waals surface area contributed by atoms with Crippen LogP contribution in [0.2, 0.25) is 0 Å². The van der Waals surface area contributed by atoms with Gasteiger partial charge in [0.25, 0.3) is 5.91 Å². The van der Waals surface area contributed by atoms with Gasteiger partial charge >= 0.3 is 0 Å². The molecular weight excluding hydrogens is 288 g/mol. The molecule has 0 spiro atoms. The molecule has 0 saturated carbocycles. The van der Waals surface area contributed by atoms with Gasteiger partial charge in [0, 0.05) is 18.9 Å². The smallest absolute Gasteiger partial charge is 0.252 e. The van der Waals surface area contributed by atoms with Crippen LogP contribution in [0, 0.1) is 0 Å². The third kappa shape index (κ3) is 3.66. The number of benzene rings is 1. The first-order valence-corrected chi connectivity index (χ1v) is 8.18. The highest BCUT2D eigenvalue weighted by Gasteiger charge is 2.20. The lowest BCUT2D eigenvalue weighted by Crippen LogP contribution is -2.25. The predicted octanol–water partition coefficient (Wildman–Crippen LogP) is 1.81. The Morgan fingerprint density at radius 1 is 1.19 bits per heavy atom. The number of carbonyl (C=O) groups excluding carboxylic acids is 1. The number of sulfone groups is 1. The van der Waals surface area contributed by atoms with Gasteiger partial charge in [-0.2, -0.15) is 0 Å². The number of hydrogen-bond donors (Lipinski definition) is 1. The van der Waals surface area contributed by atoms with Crippen LogP contribution < -0.4 is 5.32 Å². The third-order valence-corrected chi connectivity index (χ3v) is 4.81. The van der Waals surface area contributed by atoms with Crippen molar-refractivity contribution in [3.63, 3.8) is 0 Å².